The number of para-hydroxylation sites is 1. The minimum absolute atomic E-state index is 0.00336. The molecule has 6 nitrogen and oxygen atoms in total. The molecule has 1 saturated carbocycles. The van der Waals surface area contributed by atoms with Crippen LogP contribution in [0.3, 0.4) is 0 Å². The number of amides is 2. The molecule has 7 heteroatoms. The second-order valence-electron chi connectivity index (χ2n) is 6.04. The highest BCUT2D eigenvalue weighted by molar-refractivity contribution is 6.31. The Morgan fingerprint density at radius 3 is 2.65 bits per heavy atom. The van der Waals surface area contributed by atoms with Gasteiger partial charge in [-0.1, -0.05) is 23.7 Å². The van der Waals surface area contributed by atoms with Gasteiger partial charge in [0.1, 0.15) is 5.75 Å². The number of methoxy groups -OCH3 is 1. The van der Waals surface area contributed by atoms with Gasteiger partial charge in [-0.15, -0.1) is 0 Å². The van der Waals surface area contributed by atoms with E-state index >= 15 is 0 Å². The Hall–Kier alpha value is -2.73. The Labute approximate surface area is 156 Å². The average molecular weight is 374 g/mol. The van der Waals surface area contributed by atoms with Crippen LogP contribution < -0.4 is 20.7 Å². The van der Waals surface area contributed by atoms with E-state index in [1.54, 1.807) is 36.4 Å². The van der Waals surface area contributed by atoms with Gasteiger partial charge in [-0.25, -0.2) is 0 Å². The van der Waals surface area contributed by atoms with Crippen molar-refractivity contribution in [3.63, 3.8) is 0 Å². The number of rotatable bonds is 7. The molecule has 1 aliphatic carbocycles. The van der Waals surface area contributed by atoms with Gasteiger partial charge in [0.15, 0.2) is 0 Å². The van der Waals surface area contributed by atoms with Crippen LogP contribution in [0.4, 0.5) is 11.4 Å². The topological polar surface area (TPSA) is 79.5 Å². The van der Waals surface area contributed by atoms with E-state index in [9.17, 15) is 9.59 Å². The summed E-state index contributed by atoms with van der Waals surface area (Å²) in [5.74, 6) is 0.113. The smallest absolute Gasteiger partial charge is 0.253 e. The summed E-state index contributed by atoms with van der Waals surface area (Å²) >= 11 is 5.97. The molecule has 0 aliphatic heterocycles. The molecule has 1 aliphatic rings. The molecule has 0 unspecified atom stereocenters. The highest BCUT2D eigenvalue weighted by Gasteiger charge is 2.24. The molecule has 1 fully saturated rings. The van der Waals surface area contributed by atoms with E-state index in [0.29, 0.717) is 27.7 Å². The lowest BCUT2D eigenvalue weighted by Crippen LogP contribution is -2.27. The number of anilines is 2. The quantitative estimate of drug-likeness (QED) is 0.695. The van der Waals surface area contributed by atoms with Crippen molar-refractivity contribution in [2.45, 2.75) is 18.9 Å². The minimum Gasteiger partial charge on any atom is -0.495 e. The number of hydrogen-bond acceptors (Lipinski definition) is 4. The predicted molar refractivity (Wildman–Crippen MR) is 102 cm³/mol. The van der Waals surface area contributed by atoms with Gasteiger partial charge in [-0.3, -0.25) is 9.59 Å². The van der Waals surface area contributed by atoms with Crippen molar-refractivity contribution in [1.82, 2.24) is 5.32 Å². The molecule has 0 bridgehead atoms. The third-order valence-corrected chi connectivity index (χ3v) is 4.19. The summed E-state index contributed by atoms with van der Waals surface area (Å²) in [6.45, 7) is 0.00336. The van der Waals surface area contributed by atoms with E-state index < -0.39 is 0 Å². The van der Waals surface area contributed by atoms with E-state index in [4.69, 9.17) is 16.3 Å². The Morgan fingerprint density at radius 1 is 1.15 bits per heavy atom. The molecule has 0 atom stereocenters. The van der Waals surface area contributed by atoms with Crippen molar-refractivity contribution in [3.8, 4) is 5.75 Å². The maximum absolute atomic E-state index is 12.3. The van der Waals surface area contributed by atoms with Crippen molar-refractivity contribution in [2.75, 3.05) is 24.3 Å². The lowest BCUT2D eigenvalue weighted by Gasteiger charge is -2.13. The van der Waals surface area contributed by atoms with Gasteiger partial charge in [-0.05, 0) is 43.2 Å². The first-order valence-corrected chi connectivity index (χ1v) is 8.72. The molecule has 136 valence electrons. The Bertz CT molecular complexity index is 821. The number of nitrogens with one attached hydrogen (secondary N) is 3. The van der Waals surface area contributed by atoms with Crippen molar-refractivity contribution < 1.29 is 14.3 Å². The molecule has 2 aromatic carbocycles. The molecule has 0 radical (unpaired) electrons. The van der Waals surface area contributed by atoms with Crippen LogP contribution in [0.1, 0.15) is 23.2 Å². The number of benzene rings is 2. The molecule has 0 heterocycles. The molecule has 0 saturated heterocycles. The molecule has 0 aromatic heterocycles. The van der Waals surface area contributed by atoms with Crippen molar-refractivity contribution >= 4 is 34.8 Å². The molecule has 2 aromatic rings. The summed E-state index contributed by atoms with van der Waals surface area (Å²) in [6.07, 6.45) is 2.04. The fourth-order valence-corrected chi connectivity index (χ4v) is 2.65. The highest BCUT2D eigenvalue weighted by atomic mass is 35.5. The molecule has 3 rings (SSSR count). The number of halogens is 1. The minimum atomic E-state index is -0.275. The van der Waals surface area contributed by atoms with E-state index in [1.807, 2.05) is 6.07 Å². The maximum Gasteiger partial charge on any atom is 0.253 e. The van der Waals surface area contributed by atoms with Crippen LogP contribution in [0.5, 0.6) is 5.75 Å². The van der Waals surface area contributed by atoms with Crippen LogP contribution in [-0.2, 0) is 4.79 Å². The van der Waals surface area contributed by atoms with Crippen LogP contribution in [0.2, 0.25) is 5.02 Å². The third kappa shape index (κ3) is 4.67. The standard InChI is InChI=1S/C19H20ClN3O3/c1-26-17-9-6-12(20)10-16(17)23-18(24)11-21-15-5-3-2-4-14(15)19(25)22-13-7-8-13/h2-6,9-10,13,21H,7-8,11H2,1H3,(H,22,25)(H,23,24). The van der Waals surface area contributed by atoms with Gasteiger partial charge in [-0.2, -0.15) is 0 Å². The summed E-state index contributed by atoms with van der Waals surface area (Å²) < 4.78 is 5.21. The van der Waals surface area contributed by atoms with E-state index in [1.165, 1.54) is 7.11 Å². The molecule has 0 spiro atoms. The maximum atomic E-state index is 12.3. The summed E-state index contributed by atoms with van der Waals surface area (Å²) in [6, 6.07) is 12.4. The first-order valence-electron chi connectivity index (χ1n) is 8.34. The van der Waals surface area contributed by atoms with Crippen LogP contribution in [0.25, 0.3) is 0 Å². The molecular formula is C19H20ClN3O3. The SMILES string of the molecule is COc1ccc(Cl)cc1NC(=O)CNc1ccccc1C(=O)NC1CC1. The second-order valence-corrected chi connectivity index (χ2v) is 6.48. The third-order valence-electron chi connectivity index (χ3n) is 3.96. The van der Waals surface area contributed by atoms with E-state index in [-0.39, 0.29) is 24.4 Å². The van der Waals surface area contributed by atoms with Gasteiger partial charge in [0.2, 0.25) is 5.91 Å². The Kier molecular flexibility index (Phi) is 5.63. The predicted octanol–water partition coefficient (Wildman–Crippen LogP) is 3.29. The first kappa shape index (κ1) is 18.1. The molecule has 26 heavy (non-hydrogen) atoms. The summed E-state index contributed by atoms with van der Waals surface area (Å²) in [4.78, 5) is 24.6. The zero-order valence-corrected chi connectivity index (χ0v) is 15.1. The van der Waals surface area contributed by atoms with Crippen LogP contribution >= 0.6 is 11.6 Å². The van der Waals surface area contributed by atoms with Crippen LogP contribution in [-0.4, -0.2) is 31.5 Å². The van der Waals surface area contributed by atoms with Gasteiger partial charge in [0.05, 0.1) is 24.9 Å². The average Bonchev–Trinajstić information content (AvgIpc) is 3.44. The Balaban J connectivity index is 1.63. The largest absolute Gasteiger partial charge is 0.495 e. The van der Waals surface area contributed by atoms with Crippen molar-refractivity contribution in [3.05, 3.63) is 53.1 Å². The summed E-state index contributed by atoms with van der Waals surface area (Å²) in [5.41, 5.74) is 1.62. The fourth-order valence-electron chi connectivity index (χ4n) is 2.47. The van der Waals surface area contributed by atoms with Crippen LogP contribution in [0.15, 0.2) is 42.5 Å². The molecule has 3 N–H and O–H groups in total. The second kappa shape index (κ2) is 8.10. The number of carbonyl (C=O) groups is 2. The van der Waals surface area contributed by atoms with Gasteiger partial charge >= 0.3 is 0 Å². The first-order chi connectivity index (χ1) is 12.6. The number of carbonyl (C=O) groups excluding carboxylic acids is 2. The molecular weight excluding hydrogens is 354 g/mol. The lowest BCUT2D eigenvalue weighted by atomic mass is 10.1. The number of hydrogen-bond donors (Lipinski definition) is 3. The summed E-state index contributed by atoms with van der Waals surface area (Å²) in [5, 5.41) is 9.21. The van der Waals surface area contributed by atoms with Gasteiger partial charge in [0, 0.05) is 16.8 Å². The fraction of sp³-hybridized carbons (Fsp3) is 0.263. The van der Waals surface area contributed by atoms with Crippen molar-refractivity contribution in [1.29, 1.82) is 0 Å². The van der Waals surface area contributed by atoms with Crippen molar-refractivity contribution in [2.24, 2.45) is 0 Å². The normalized spacial score (nSPS) is 13.0. The zero-order chi connectivity index (χ0) is 18.5. The van der Waals surface area contributed by atoms with Gasteiger partial charge < -0.3 is 20.7 Å². The van der Waals surface area contributed by atoms with E-state index in [0.717, 1.165) is 12.8 Å². The lowest BCUT2D eigenvalue weighted by molar-refractivity contribution is -0.114. The highest BCUT2D eigenvalue weighted by Crippen LogP contribution is 2.27. The molecule has 2 amide bonds. The monoisotopic (exact) mass is 373 g/mol. The summed E-state index contributed by atoms with van der Waals surface area (Å²) in [7, 11) is 1.52. The van der Waals surface area contributed by atoms with Crippen LogP contribution in [0, 0.1) is 0 Å². The Morgan fingerprint density at radius 2 is 1.92 bits per heavy atom. The zero-order valence-electron chi connectivity index (χ0n) is 14.3. The van der Waals surface area contributed by atoms with E-state index in [2.05, 4.69) is 16.0 Å². The van der Waals surface area contributed by atoms with Gasteiger partial charge in [0.25, 0.3) is 5.91 Å². The number of ether oxygens (including phenoxy) is 1.